The second-order valence-corrected chi connectivity index (χ2v) is 10.3. The first-order chi connectivity index (χ1) is 17.3. The van der Waals surface area contributed by atoms with Crippen LogP contribution in [0, 0.1) is 0 Å². The van der Waals surface area contributed by atoms with E-state index >= 15 is 0 Å². The molecule has 0 radical (unpaired) electrons. The Hall–Kier alpha value is -0.890. The van der Waals surface area contributed by atoms with Crippen molar-refractivity contribution in [2.75, 3.05) is 32.9 Å². The van der Waals surface area contributed by atoms with Crippen LogP contribution in [0.25, 0.3) is 0 Å². The molecule has 36 heavy (non-hydrogen) atoms. The third-order valence-electron chi connectivity index (χ3n) is 6.93. The number of amides is 1. The third kappa shape index (κ3) is 12.6. The molecule has 0 spiro atoms. The van der Waals surface area contributed by atoms with Gasteiger partial charge in [-0.15, -0.1) is 0 Å². The molecular formula is C25H51N5O6. The van der Waals surface area contributed by atoms with Crippen molar-refractivity contribution in [3.8, 4) is 0 Å². The van der Waals surface area contributed by atoms with Crippen molar-refractivity contribution in [2.45, 2.75) is 120 Å². The van der Waals surface area contributed by atoms with Crippen LogP contribution < -0.4 is 28.3 Å². The van der Waals surface area contributed by atoms with Crippen molar-refractivity contribution in [3.05, 3.63) is 0 Å². The van der Waals surface area contributed by atoms with E-state index in [-0.39, 0.29) is 55.2 Å². The highest BCUT2D eigenvalue weighted by atomic mass is 16.7. The maximum atomic E-state index is 11.1. The second-order valence-electron chi connectivity index (χ2n) is 10.3. The van der Waals surface area contributed by atoms with E-state index < -0.39 is 0 Å². The zero-order valence-corrected chi connectivity index (χ0v) is 22.0. The van der Waals surface area contributed by atoms with E-state index in [4.69, 9.17) is 47.0 Å². The Morgan fingerprint density at radius 1 is 0.917 bits per heavy atom. The summed E-state index contributed by atoms with van der Waals surface area (Å²) in [5.41, 5.74) is 22.4. The lowest BCUT2D eigenvalue weighted by Crippen LogP contribution is -2.47. The molecule has 0 aromatic heterocycles. The molecule has 3 aliphatic heterocycles. The number of hydrogen-bond donors (Lipinski definition) is 6. The summed E-state index contributed by atoms with van der Waals surface area (Å²) in [6.45, 7) is 4.48. The van der Waals surface area contributed by atoms with Crippen LogP contribution in [0.5, 0.6) is 0 Å². The largest absolute Gasteiger partial charge is 0.394 e. The average Bonchev–Trinajstić information content (AvgIpc) is 3.32. The van der Waals surface area contributed by atoms with Crippen molar-refractivity contribution < 1.29 is 28.8 Å². The minimum absolute atomic E-state index is 0.0167. The Balaban J connectivity index is 0.000000221. The number of hydrogen-bond acceptors (Lipinski definition) is 10. The summed E-state index contributed by atoms with van der Waals surface area (Å²) < 4.78 is 22.1. The van der Waals surface area contributed by atoms with Gasteiger partial charge in [-0.2, -0.15) is 0 Å². The van der Waals surface area contributed by atoms with Crippen molar-refractivity contribution >= 4 is 5.91 Å². The van der Waals surface area contributed by atoms with Crippen LogP contribution >= 0.6 is 0 Å². The first-order valence-corrected chi connectivity index (χ1v) is 13.7. The minimum atomic E-state index is -0.245. The van der Waals surface area contributed by atoms with Crippen molar-refractivity contribution in [2.24, 2.45) is 22.9 Å². The number of ether oxygens (including phenoxy) is 4. The van der Waals surface area contributed by atoms with Crippen LogP contribution in [0.15, 0.2) is 0 Å². The fraction of sp³-hybridized carbons (Fsp3) is 0.960. The zero-order valence-electron chi connectivity index (χ0n) is 22.0. The van der Waals surface area contributed by atoms with Crippen LogP contribution in [0.1, 0.15) is 71.1 Å². The number of carbonyl (C=O) groups excluding carboxylic acids is 1. The maximum Gasteiger partial charge on any atom is 0.217 e. The monoisotopic (exact) mass is 517 g/mol. The van der Waals surface area contributed by atoms with Crippen molar-refractivity contribution in [1.82, 2.24) is 5.32 Å². The van der Waals surface area contributed by atoms with E-state index in [0.29, 0.717) is 25.8 Å². The molecule has 11 nitrogen and oxygen atoms in total. The Labute approximate surface area is 216 Å². The molecule has 3 saturated heterocycles. The normalized spacial score (nSPS) is 36.6. The molecule has 11 heteroatoms. The van der Waals surface area contributed by atoms with Gasteiger partial charge in [-0.25, -0.2) is 0 Å². The summed E-state index contributed by atoms with van der Waals surface area (Å²) >= 11 is 0. The molecule has 8 atom stereocenters. The highest BCUT2D eigenvalue weighted by Gasteiger charge is 2.33. The first-order valence-electron chi connectivity index (χ1n) is 13.7. The Morgan fingerprint density at radius 2 is 1.64 bits per heavy atom. The molecule has 10 N–H and O–H groups in total. The van der Waals surface area contributed by atoms with Crippen LogP contribution in [-0.2, 0) is 23.7 Å². The van der Waals surface area contributed by atoms with Gasteiger partial charge in [0.2, 0.25) is 5.91 Å². The van der Waals surface area contributed by atoms with Gasteiger partial charge >= 0.3 is 0 Å². The highest BCUT2D eigenvalue weighted by Crippen LogP contribution is 2.27. The smallest absolute Gasteiger partial charge is 0.217 e. The van der Waals surface area contributed by atoms with E-state index in [9.17, 15) is 4.79 Å². The SMILES string of the molecule is CC(=O)NC1CC(N)CC(OC2CCC(CO)O2)C1.NCC1CCCCO1.NC[C@H]1CC[C@@H](N)CO1. The van der Waals surface area contributed by atoms with Crippen LogP contribution in [0.4, 0.5) is 0 Å². The number of rotatable bonds is 6. The Bertz CT molecular complexity index is 589. The Morgan fingerprint density at radius 3 is 2.17 bits per heavy atom. The lowest BCUT2D eigenvalue weighted by molar-refractivity contribution is -0.175. The van der Waals surface area contributed by atoms with Gasteiger partial charge in [0.05, 0.1) is 37.6 Å². The van der Waals surface area contributed by atoms with Gasteiger partial charge in [-0.3, -0.25) is 4.79 Å². The molecule has 6 unspecified atom stereocenters. The summed E-state index contributed by atoms with van der Waals surface area (Å²) in [5.74, 6) is -0.0321. The number of nitrogens with one attached hydrogen (secondary N) is 1. The zero-order chi connectivity index (χ0) is 26.3. The van der Waals surface area contributed by atoms with Gasteiger partial charge < -0.3 is 52.3 Å². The fourth-order valence-electron chi connectivity index (χ4n) is 4.95. The van der Waals surface area contributed by atoms with E-state index in [2.05, 4.69) is 5.32 Å². The average molecular weight is 518 g/mol. The Kier molecular flexibility index (Phi) is 15.3. The summed E-state index contributed by atoms with van der Waals surface area (Å²) in [7, 11) is 0. The quantitative estimate of drug-likeness (QED) is 0.276. The van der Waals surface area contributed by atoms with Gasteiger partial charge in [0.25, 0.3) is 0 Å². The molecule has 4 aliphatic rings. The summed E-state index contributed by atoms with van der Waals surface area (Å²) in [6.07, 6.45) is 10.1. The van der Waals surface area contributed by atoms with E-state index in [1.807, 2.05) is 0 Å². The number of nitrogens with two attached hydrogens (primary N) is 4. The van der Waals surface area contributed by atoms with Gasteiger partial charge in [0, 0.05) is 51.2 Å². The molecule has 1 saturated carbocycles. The summed E-state index contributed by atoms with van der Waals surface area (Å²) in [5, 5.41) is 11.9. The topological polar surface area (TPSA) is 190 Å². The highest BCUT2D eigenvalue weighted by molar-refractivity contribution is 5.73. The lowest BCUT2D eigenvalue weighted by atomic mass is 9.89. The predicted octanol–water partition coefficient (Wildman–Crippen LogP) is -0.149. The van der Waals surface area contributed by atoms with Gasteiger partial charge in [-0.05, 0) is 57.8 Å². The molecule has 3 heterocycles. The van der Waals surface area contributed by atoms with E-state index in [1.165, 1.54) is 19.8 Å². The third-order valence-corrected chi connectivity index (χ3v) is 6.93. The van der Waals surface area contributed by atoms with Crippen LogP contribution in [0.3, 0.4) is 0 Å². The molecule has 0 aromatic carbocycles. The maximum absolute atomic E-state index is 11.1. The molecule has 4 fully saturated rings. The van der Waals surface area contributed by atoms with Gasteiger partial charge in [0.15, 0.2) is 6.29 Å². The number of carbonyl (C=O) groups is 1. The van der Waals surface area contributed by atoms with Crippen LogP contribution in [0.2, 0.25) is 0 Å². The van der Waals surface area contributed by atoms with E-state index in [0.717, 1.165) is 58.0 Å². The standard InChI is InChI=1S/C13H24N2O4.C6H14N2O.C6H13NO/c1-8(17)15-10-4-9(14)5-12(6-10)19-13-3-2-11(7-16)18-13;7-3-6-2-1-5(8)4-9-6;7-5-6-3-1-2-4-8-6/h9-13,16H,2-7,14H2,1H3,(H,15,17);5-6H,1-4,7-8H2;6H,1-5,7H2/t;5-,6-;/m.1./s1. The van der Waals surface area contributed by atoms with Gasteiger partial charge in [-0.1, -0.05) is 0 Å². The van der Waals surface area contributed by atoms with Crippen molar-refractivity contribution in [1.29, 1.82) is 0 Å². The van der Waals surface area contributed by atoms with Crippen molar-refractivity contribution in [3.63, 3.8) is 0 Å². The first kappa shape index (κ1) is 31.3. The minimum Gasteiger partial charge on any atom is -0.394 e. The van der Waals surface area contributed by atoms with Gasteiger partial charge in [0.1, 0.15) is 0 Å². The molecule has 4 rings (SSSR count). The fourth-order valence-corrected chi connectivity index (χ4v) is 4.95. The van der Waals surface area contributed by atoms with Crippen LogP contribution in [-0.4, -0.2) is 92.8 Å². The molecule has 1 amide bonds. The molecule has 1 aliphatic carbocycles. The number of aliphatic hydroxyl groups excluding tert-OH is 1. The summed E-state index contributed by atoms with van der Waals surface area (Å²) in [6, 6.07) is 0.375. The molecule has 212 valence electrons. The van der Waals surface area contributed by atoms with E-state index in [1.54, 1.807) is 0 Å². The molecule has 0 aromatic rings. The second kappa shape index (κ2) is 17.6. The summed E-state index contributed by atoms with van der Waals surface area (Å²) in [4.78, 5) is 11.1. The lowest BCUT2D eigenvalue weighted by Gasteiger charge is -2.34. The number of aliphatic hydroxyl groups is 1. The predicted molar refractivity (Wildman–Crippen MR) is 138 cm³/mol. The molecular weight excluding hydrogens is 466 g/mol. The molecule has 0 bridgehead atoms.